The highest BCUT2D eigenvalue weighted by Crippen LogP contribution is 2.45. The number of phosphoric acid groups is 2. The lowest BCUT2D eigenvalue weighted by Gasteiger charge is -2.21. The van der Waals surface area contributed by atoms with E-state index in [0.29, 0.717) is 32.1 Å². The molecule has 0 aromatic heterocycles. The third-order valence-electron chi connectivity index (χ3n) is 15.2. The summed E-state index contributed by atoms with van der Waals surface area (Å²) < 4.78 is 68.5. The van der Waals surface area contributed by atoms with Crippen molar-refractivity contribution in [3.63, 3.8) is 0 Å². The molecule has 3 N–H and O–H groups in total. The first kappa shape index (κ1) is 99.6. The quantitative estimate of drug-likeness (QED) is 0.0169. The first-order chi connectivity index (χ1) is 51.7. The van der Waals surface area contributed by atoms with Gasteiger partial charge in [-0.1, -0.05) is 254 Å². The number of hydrogen-bond donors (Lipinski definition) is 3. The highest BCUT2D eigenvalue weighted by molar-refractivity contribution is 7.47. The van der Waals surface area contributed by atoms with Crippen molar-refractivity contribution in [1.82, 2.24) is 0 Å². The fraction of sp³-hybridized carbons (Fsp3) is 0.563. The van der Waals surface area contributed by atoms with Crippen molar-refractivity contribution in [2.24, 2.45) is 0 Å². The zero-order valence-corrected chi connectivity index (χ0v) is 66.8. The van der Waals surface area contributed by atoms with E-state index in [9.17, 15) is 43.2 Å². The van der Waals surface area contributed by atoms with E-state index in [0.717, 1.165) is 173 Å². The average molecular weight is 1520 g/mol. The van der Waals surface area contributed by atoms with Crippen LogP contribution in [0.2, 0.25) is 0 Å². The molecule has 0 aromatic carbocycles. The van der Waals surface area contributed by atoms with Crippen LogP contribution < -0.4 is 0 Å². The van der Waals surface area contributed by atoms with Gasteiger partial charge in [0.15, 0.2) is 12.2 Å². The van der Waals surface area contributed by atoms with Gasteiger partial charge in [0, 0.05) is 25.7 Å². The monoisotopic (exact) mass is 1510 g/mol. The molecule has 0 radical (unpaired) electrons. The van der Waals surface area contributed by atoms with Crippen LogP contribution in [0.15, 0.2) is 207 Å². The van der Waals surface area contributed by atoms with Crippen LogP contribution in [-0.2, 0) is 65.4 Å². The molecule has 0 aliphatic rings. The van der Waals surface area contributed by atoms with Gasteiger partial charge >= 0.3 is 39.5 Å². The lowest BCUT2D eigenvalue weighted by atomic mass is 10.1. The fourth-order valence-electron chi connectivity index (χ4n) is 9.39. The number of rotatable bonds is 71. The van der Waals surface area contributed by atoms with Crippen LogP contribution in [0.4, 0.5) is 0 Å². The van der Waals surface area contributed by atoms with Crippen LogP contribution in [0.3, 0.4) is 0 Å². The van der Waals surface area contributed by atoms with E-state index in [2.05, 4.69) is 234 Å². The number of unbranched alkanes of at least 4 members (excludes halogenated alkanes) is 11. The Labute approximate surface area is 639 Å². The highest BCUT2D eigenvalue weighted by atomic mass is 31.2. The maximum Gasteiger partial charge on any atom is 0.472 e. The molecule has 5 unspecified atom stereocenters. The smallest absolute Gasteiger partial charge is 0.462 e. The predicted molar refractivity (Wildman–Crippen MR) is 435 cm³/mol. The van der Waals surface area contributed by atoms with Gasteiger partial charge in [0.1, 0.15) is 19.3 Å². The molecule has 0 spiro atoms. The van der Waals surface area contributed by atoms with Crippen molar-refractivity contribution < 1.29 is 80.2 Å². The molecule has 17 nitrogen and oxygen atoms in total. The van der Waals surface area contributed by atoms with Crippen LogP contribution in [0.25, 0.3) is 0 Å². The number of aliphatic hydroxyl groups is 1. The Kier molecular flexibility index (Phi) is 72.2. The molecular formula is C87H136O17P2. The number of phosphoric ester groups is 2. The zero-order valence-electron chi connectivity index (χ0n) is 65.0. The highest BCUT2D eigenvalue weighted by Gasteiger charge is 2.30. The summed E-state index contributed by atoms with van der Waals surface area (Å²) in [7, 11) is -10.0. The predicted octanol–water partition coefficient (Wildman–Crippen LogP) is 23.1. The van der Waals surface area contributed by atoms with E-state index in [1.165, 1.54) is 0 Å². The van der Waals surface area contributed by atoms with Crippen molar-refractivity contribution in [2.45, 2.75) is 277 Å². The molecule has 0 aromatic rings. The minimum absolute atomic E-state index is 0.0235. The normalized spacial score (nSPS) is 15.0. The molecule has 0 amide bonds. The second-order valence-electron chi connectivity index (χ2n) is 25.1. The van der Waals surface area contributed by atoms with Gasteiger partial charge in [-0.25, -0.2) is 9.13 Å². The molecule has 5 atom stereocenters. The van der Waals surface area contributed by atoms with E-state index in [1.54, 1.807) is 0 Å². The minimum Gasteiger partial charge on any atom is -0.462 e. The summed E-state index contributed by atoms with van der Waals surface area (Å²) in [5, 5.41) is 10.6. The summed E-state index contributed by atoms with van der Waals surface area (Å²) in [5.41, 5.74) is 0. The Hall–Kier alpha value is -6.36. The summed E-state index contributed by atoms with van der Waals surface area (Å²) in [4.78, 5) is 73.0. The van der Waals surface area contributed by atoms with Gasteiger partial charge in [0.25, 0.3) is 0 Å². The number of allylic oxidation sites excluding steroid dienone is 34. The van der Waals surface area contributed by atoms with Crippen molar-refractivity contribution in [1.29, 1.82) is 0 Å². The molecule has 0 aliphatic carbocycles. The first-order valence-electron chi connectivity index (χ1n) is 39.3. The fourth-order valence-corrected chi connectivity index (χ4v) is 11.0. The molecule has 0 saturated heterocycles. The minimum atomic E-state index is -5.01. The van der Waals surface area contributed by atoms with Crippen LogP contribution in [0.1, 0.15) is 259 Å². The van der Waals surface area contributed by atoms with Gasteiger partial charge in [-0.3, -0.25) is 37.3 Å². The SMILES string of the molecule is CC/C=C\C/C=C\C/C=C\C/C=C\C/C=C\CCCCCC(=O)OCC(COP(=O)(O)OCC(O)COP(=O)(O)OCC(COC(=O)CCCC/C=C\C/C=C\C/C=C\C/C=C\CC)OC(=O)CCCC/C=C\C/C=C\C/C=C\C/C=C\CC)OC(=O)CCCCCC/C=C\C/C=C\C/C=C\C/C=C\CC. The van der Waals surface area contributed by atoms with E-state index in [-0.39, 0.29) is 25.7 Å². The number of esters is 4. The molecule has 19 heteroatoms. The number of aliphatic hydroxyl groups excluding tert-OH is 1. The van der Waals surface area contributed by atoms with Gasteiger partial charge in [0.05, 0.1) is 26.4 Å². The van der Waals surface area contributed by atoms with Crippen LogP contribution in [0, 0.1) is 0 Å². The van der Waals surface area contributed by atoms with Gasteiger partial charge in [0.2, 0.25) is 0 Å². The van der Waals surface area contributed by atoms with E-state index < -0.39 is 97.5 Å². The molecule has 106 heavy (non-hydrogen) atoms. The summed E-state index contributed by atoms with van der Waals surface area (Å²) >= 11 is 0. The Morgan fingerprint density at radius 3 is 0.726 bits per heavy atom. The second kappa shape index (κ2) is 76.8. The Morgan fingerprint density at radius 1 is 0.264 bits per heavy atom. The molecule has 0 bridgehead atoms. The third-order valence-corrected chi connectivity index (χ3v) is 17.1. The van der Waals surface area contributed by atoms with Crippen LogP contribution in [-0.4, -0.2) is 96.7 Å². The van der Waals surface area contributed by atoms with Crippen molar-refractivity contribution in [3.05, 3.63) is 207 Å². The van der Waals surface area contributed by atoms with Crippen molar-refractivity contribution >= 4 is 39.5 Å². The van der Waals surface area contributed by atoms with Crippen molar-refractivity contribution in [2.75, 3.05) is 39.6 Å². The van der Waals surface area contributed by atoms with E-state index in [4.69, 9.17) is 37.0 Å². The summed E-state index contributed by atoms with van der Waals surface area (Å²) in [6, 6.07) is 0. The molecule has 596 valence electrons. The average Bonchev–Trinajstić information content (AvgIpc) is 0.902. The lowest BCUT2D eigenvalue weighted by Crippen LogP contribution is -2.30. The topological polar surface area (TPSA) is 237 Å². The number of carbonyl (C=O) groups is 4. The number of hydrogen-bond acceptors (Lipinski definition) is 15. The summed E-state index contributed by atoms with van der Waals surface area (Å²) in [6.45, 7) is 4.21. The standard InChI is InChI=1S/C87H136O17P2/c1-5-9-13-17-21-25-29-33-37-39-40-42-45-48-52-56-60-64-68-72-85(90)98-78-83(104-87(92)74-70-66-62-58-54-50-46-41-38-34-30-26-22-18-14-10-6-2)80-102-106(95,96)100-76-81(88)75-99-105(93,94)101-79-82(103-86(91)73-69-65-61-57-53-49-44-36-32-28-24-20-16-12-8-4)77-97-84(89)71-67-63-59-55-51-47-43-35-31-27-23-19-15-11-7-3/h9-16,21-28,33-38,40,42-44,46,48,50-53,55,57,81-83,88H,5-8,17-20,29-32,39,41,45,47,49,54,56,58-80H2,1-4H3,(H,93,94)(H,95,96)/b13-9-,14-10-,15-11-,16-12-,25-21-,26-22-,27-23-,28-24-,37-33-,38-34-,42-40-,43-35-,44-36-,50-46-,52-48-,55-51-,57-53-. The van der Waals surface area contributed by atoms with Crippen molar-refractivity contribution in [3.8, 4) is 0 Å². The van der Waals surface area contributed by atoms with E-state index >= 15 is 0 Å². The maximum atomic E-state index is 13.1. The summed E-state index contributed by atoms with van der Waals surface area (Å²) in [5.74, 6) is -2.36. The zero-order chi connectivity index (χ0) is 77.4. The Balaban J connectivity index is 5.52. The largest absolute Gasteiger partial charge is 0.472 e. The molecule has 0 rings (SSSR count). The lowest BCUT2D eigenvalue weighted by molar-refractivity contribution is -0.161. The maximum absolute atomic E-state index is 13.1. The van der Waals surface area contributed by atoms with Gasteiger partial charge in [-0.2, -0.15) is 0 Å². The first-order valence-corrected chi connectivity index (χ1v) is 42.3. The van der Waals surface area contributed by atoms with Gasteiger partial charge in [-0.05, 0) is 186 Å². The van der Waals surface area contributed by atoms with Gasteiger partial charge < -0.3 is 33.8 Å². The Morgan fingerprint density at radius 2 is 0.462 bits per heavy atom. The molecule has 0 heterocycles. The molecular weight excluding hydrogens is 1380 g/mol. The van der Waals surface area contributed by atoms with Crippen LogP contribution in [0.5, 0.6) is 0 Å². The van der Waals surface area contributed by atoms with Gasteiger partial charge in [-0.15, -0.1) is 0 Å². The second-order valence-corrected chi connectivity index (χ2v) is 28.0. The van der Waals surface area contributed by atoms with E-state index in [1.807, 2.05) is 0 Å². The molecule has 0 fully saturated rings. The molecule has 0 saturated carbocycles. The number of ether oxygens (including phenoxy) is 4. The molecule has 0 aliphatic heterocycles. The number of carbonyl (C=O) groups excluding carboxylic acids is 4. The third kappa shape index (κ3) is 75.9. The Bertz CT molecular complexity index is 2830. The summed E-state index contributed by atoms with van der Waals surface area (Å²) in [6.07, 6.45) is 95.3. The van der Waals surface area contributed by atoms with Crippen LogP contribution >= 0.6 is 15.6 Å².